The molecule has 0 unspecified atom stereocenters. The van der Waals surface area contributed by atoms with Crippen LogP contribution < -0.4 is 4.90 Å². The highest BCUT2D eigenvalue weighted by Crippen LogP contribution is 2.57. The van der Waals surface area contributed by atoms with Crippen LogP contribution in [0.3, 0.4) is 0 Å². The van der Waals surface area contributed by atoms with Gasteiger partial charge in [-0.3, -0.25) is 0 Å². The first kappa shape index (κ1) is 33.0. The van der Waals surface area contributed by atoms with Crippen molar-refractivity contribution in [3.05, 3.63) is 247 Å². The summed E-state index contributed by atoms with van der Waals surface area (Å²) in [4.78, 5) is 2.37. The van der Waals surface area contributed by atoms with Crippen LogP contribution in [0.15, 0.2) is 229 Å². The molecular formula is C55H37NO. The molecule has 0 amide bonds. The minimum Gasteiger partial charge on any atom is -0.456 e. The number of furan rings is 1. The highest BCUT2D eigenvalue weighted by atomic mass is 16.3. The maximum atomic E-state index is 7.05. The number of benzene rings is 9. The summed E-state index contributed by atoms with van der Waals surface area (Å²) >= 11 is 0. The zero-order valence-electron chi connectivity index (χ0n) is 31.2. The summed E-state index contributed by atoms with van der Waals surface area (Å²) in [6.45, 7) is 0. The van der Waals surface area contributed by atoms with Crippen molar-refractivity contribution in [2.45, 2.75) is 5.41 Å². The van der Waals surface area contributed by atoms with Gasteiger partial charge in [0.1, 0.15) is 11.2 Å². The molecule has 11 rings (SSSR count). The Morgan fingerprint density at radius 3 is 1.47 bits per heavy atom. The van der Waals surface area contributed by atoms with Crippen LogP contribution in [0, 0.1) is 0 Å². The zero-order valence-corrected chi connectivity index (χ0v) is 31.2. The Labute approximate surface area is 332 Å². The average molecular weight is 728 g/mol. The van der Waals surface area contributed by atoms with Gasteiger partial charge in [0, 0.05) is 33.4 Å². The Balaban J connectivity index is 1.15. The van der Waals surface area contributed by atoms with Gasteiger partial charge >= 0.3 is 0 Å². The molecule has 0 radical (unpaired) electrons. The highest BCUT2D eigenvalue weighted by Gasteiger charge is 2.47. The van der Waals surface area contributed by atoms with E-state index in [1.54, 1.807) is 0 Å². The lowest BCUT2D eigenvalue weighted by Gasteiger charge is -2.33. The smallest absolute Gasteiger partial charge is 0.140 e. The molecule has 1 aliphatic rings. The summed E-state index contributed by atoms with van der Waals surface area (Å²) in [5.74, 6) is 0. The Bertz CT molecular complexity index is 2950. The van der Waals surface area contributed by atoms with Gasteiger partial charge in [0.2, 0.25) is 0 Å². The summed E-state index contributed by atoms with van der Waals surface area (Å²) in [5, 5.41) is 2.17. The van der Waals surface area contributed by atoms with E-state index in [9.17, 15) is 0 Å². The molecule has 0 spiro atoms. The first-order valence-electron chi connectivity index (χ1n) is 19.6. The summed E-state index contributed by atoms with van der Waals surface area (Å²) in [6, 6.07) is 81.0. The predicted molar refractivity (Wildman–Crippen MR) is 237 cm³/mol. The average Bonchev–Trinajstić information content (AvgIpc) is 3.81. The standard InChI is InChI=1S/C55H37NO/c1-5-18-38(19-6-1)40-34-41(39-20-7-2-8-21-39)36-45(35-40)56(43-24-11-4-12-25-43)44-32-33-53-49(37-44)48-28-17-31-52(54(48)57-53)55(42-22-9-3-10-23-42)50-29-15-13-26-46(50)47-27-14-16-30-51(47)55/h1-37H. The lowest BCUT2D eigenvalue weighted by atomic mass is 9.67. The number of anilines is 3. The predicted octanol–water partition coefficient (Wildman–Crippen LogP) is 14.8. The van der Waals surface area contributed by atoms with Gasteiger partial charge in [0.15, 0.2) is 0 Å². The Hall–Kier alpha value is -7.42. The molecule has 2 nitrogen and oxygen atoms in total. The topological polar surface area (TPSA) is 16.4 Å². The van der Waals surface area contributed by atoms with E-state index >= 15 is 0 Å². The molecule has 10 aromatic rings. The Morgan fingerprint density at radius 1 is 0.333 bits per heavy atom. The van der Waals surface area contributed by atoms with E-state index in [1.807, 2.05) is 0 Å². The van der Waals surface area contributed by atoms with E-state index in [0.29, 0.717) is 0 Å². The van der Waals surface area contributed by atoms with Gasteiger partial charge in [-0.15, -0.1) is 0 Å². The lowest BCUT2D eigenvalue weighted by Crippen LogP contribution is -2.28. The molecule has 0 saturated carbocycles. The van der Waals surface area contributed by atoms with Crippen molar-refractivity contribution in [3.8, 4) is 33.4 Å². The minimum atomic E-state index is -0.563. The van der Waals surface area contributed by atoms with Crippen molar-refractivity contribution in [3.63, 3.8) is 0 Å². The third kappa shape index (κ3) is 5.26. The van der Waals surface area contributed by atoms with Crippen molar-refractivity contribution in [1.82, 2.24) is 0 Å². The molecule has 0 aliphatic heterocycles. The second-order valence-electron chi connectivity index (χ2n) is 14.8. The quantitative estimate of drug-likeness (QED) is 0.163. The van der Waals surface area contributed by atoms with Crippen LogP contribution >= 0.6 is 0 Å². The largest absolute Gasteiger partial charge is 0.456 e. The fraction of sp³-hybridized carbons (Fsp3) is 0.0182. The van der Waals surface area contributed by atoms with E-state index < -0.39 is 5.41 Å². The number of hydrogen-bond acceptors (Lipinski definition) is 2. The van der Waals surface area contributed by atoms with Gasteiger partial charge in [0.25, 0.3) is 0 Å². The van der Waals surface area contributed by atoms with Crippen LogP contribution in [0.25, 0.3) is 55.3 Å². The van der Waals surface area contributed by atoms with Crippen LogP contribution in [0.1, 0.15) is 22.3 Å². The fourth-order valence-electron chi connectivity index (χ4n) is 9.26. The van der Waals surface area contributed by atoms with Crippen LogP contribution in [-0.2, 0) is 5.41 Å². The van der Waals surface area contributed by atoms with Gasteiger partial charge in [-0.25, -0.2) is 0 Å². The summed E-state index contributed by atoms with van der Waals surface area (Å²) < 4.78 is 7.05. The van der Waals surface area contributed by atoms with Gasteiger partial charge < -0.3 is 9.32 Å². The van der Waals surface area contributed by atoms with Crippen molar-refractivity contribution in [1.29, 1.82) is 0 Å². The minimum absolute atomic E-state index is 0.563. The lowest BCUT2D eigenvalue weighted by molar-refractivity contribution is 0.648. The zero-order chi connectivity index (χ0) is 37.8. The normalized spacial score (nSPS) is 12.7. The second-order valence-corrected chi connectivity index (χ2v) is 14.8. The molecule has 0 fully saturated rings. The van der Waals surface area contributed by atoms with Crippen LogP contribution in [-0.4, -0.2) is 0 Å². The molecule has 0 N–H and O–H groups in total. The van der Waals surface area contributed by atoms with E-state index in [4.69, 9.17) is 4.42 Å². The Kier molecular flexibility index (Phi) is 7.75. The number of hydrogen-bond donors (Lipinski definition) is 0. The molecule has 1 heterocycles. The Morgan fingerprint density at radius 2 is 0.860 bits per heavy atom. The maximum Gasteiger partial charge on any atom is 0.140 e. The molecule has 2 heteroatoms. The van der Waals surface area contributed by atoms with Crippen molar-refractivity contribution in [2.75, 3.05) is 4.90 Å². The third-order valence-electron chi connectivity index (χ3n) is 11.7. The molecule has 0 atom stereocenters. The third-order valence-corrected chi connectivity index (χ3v) is 11.7. The van der Waals surface area contributed by atoms with Crippen molar-refractivity contribution < 1.29 is 4.42 Å². The molecular weight excluding hydrogens is 691 g/mol. The van der Waals surface area contributed by atoms with Gasteiger partial charge in [-0.2, -0.15) is 0 Å². The first-order valence-corrected chi connectivity index (χ1v) is 19.6. The summed E-state index contributed by atoms with van der Waals surface area (Å²) in [6.07, 6.45) is 0. The van der Waals surface area contributed by atoms with Crippen molar-refractivity contribution >= 4 is 39.0 Å². The van der Waals surface area contributed by atoms with Gasteiger partial charge in [-0.1, -0.05) is 176 Å². The molecule has 57 heavy (non-hydrogen) atoms. The summed E-state index contributed by atoms with van der Waals surface area (Å²) in [5.41, 5.74) is 16.5. The number of fused-ring (bicyclic) bond motifs is 6. The van der Waals surface area contributed by atoms with Crippen molar-refractivity contribution in [2.24, 2.45) is 0 Å². The molecule has 1 aromatic heterocycles. The highest BCUT2D eigenvalue weighted by molar-refractivity contribution is 6.09. The van der Waals surface area contributed by atoms with E-state index in [2.05, 4.69) is 229 Å². The second kappa shape index (κ2) is 13.4. The summed E-state index contributed by atoms with van der Waals surface area (Å²) in [7, 11) is 0. The number of para-hydroxylation sites is 2. The van der Waals surface area contributed by atoms with Gasteiger partial charge in [0.05, 0.1) is 5.41 Å². The number of rotatable bonds is 7. The fourth-order valence-corrected chi connectivity index (χ4v) is 9.26. The van der Waals surface area contributed by atoms with E-state index in [-0.39, 0.29) is 0 Å². The van der Waals surface area contributed by atoms with Crippen LogP contribution in [0.2, 0.25) is 0 Å². The van der Waals surface area contributed by atoms with Crippen LogP contribution in [0.5, 0.6) is 0 Å². The van der Waals surface area contributed by atoms with E-state index in [0.717, 1.165) is 55.7 Å². The molecule has 1 aliphatic carbocycles. The SMILES string of the molecule is c1ccc(-c2cc(-c3ccccc3)cc(N(c3ccccc3)c3ccc4oc5c(C6(c7ccccc7)c7ccccc7-c7ccccc76)cccc5c4c3)c2)cc1. The molecule has 9 aromatic carbocycles. The maximum absolute atomic E-state index is 7.05. The first-order chi connectivity index (χ1) is 28.3. The molecule has 268 valence electrons. The monoisotopic (exact) mass is 727 g/mol. The molecule has 0 saturated heterocycles. The van der Waals surface area contributed by atoms with Crippen LogP contribution in [0.4, 0.5) is 17.1 Å². The molecule has 0 bridgehead atoms. The van der Waals surface area contributed by atoms with Gasteiger partial charge in [-0.05, 0) is 98.6 Å². The van der Waals surface area contributed by atoms with E-state index in [1.165, 1.54) is 38.9 Å². The number of nitrogens with zero attached hydrogens (tertiary/aromatic N) is 1.